The van der Waals surface area contributed by atoms with Gasteiger partial charge in [0.05, 0.1) is 10.5 Å². The van der Waals surface area contributed by atoms with Crippen molar-refractivity contribution in [3.8, 4) is 0 Å². The standard InChI is InChI=1S/C19H24N2O5S/c1-13-7-14(2)11-21(10-13)27(23,24)18-6-4-5-16(9-18)19(22)25-12-17-8-15(3)26-20-17/h4-6,8-9,13-14H,7,10-12H2,1-3H3. The second-order valence-corrected chi connectivity index (χ2v) is 9.24. The summed E-state index contributed by atoms with van der Waals surface area (Å²) in [5.41, 5.74) is 0.690. The Labute approximate surface area is 159 Å². The summed E-state index contributed by atoms with van der Waals surface area (Å²) in [7, 11) is -3.65. The number of esters is 1. The summed E-state index contributed by atoms with van der Waals surface area (Å²) in [6.45, 7) is 6.80. The van der Waals surface area contributed by atoms with Gasteiger partial charge in [-0.1, -0.05) is 25.1 Å². The van der Waals surface area contributed by atoms with Crippen LogP contribution < -0.4 is 0 Å². The summed E-state index contributed by atoms with van der Waals surface area (Å²) >= 11 is 0. The van der Waals surface area contributed by atoms with E-state index in [2.05, 4.69) is 19.0 Å². The third kappa shape index (κ3) is 4.56. The normalized spacial score (nSPS) is 21.1. The fourth-order valence-corrected chi connectivity index (χ4v) is 5.17. The van der Waals surface area contributed by atoms with Gasteiger partial charge >= 0.3 is 5.97 Å². The lowest BCUT2D eigenvalue weighted by molar-refractivity contribution is 0.0464. The highest BCUT2D eigenvalue weighted by atomic mass is 32.2. The second-order valence-electron chi connectivity index (χ2n) is 7.30. The van der Waals surface area contributed by atoms with E-state index < -0.39 is 16.0 Å². The number of carbonyl (C=O) groups excluding carboxylic acids is 1. The Hall–Kier alpha value is -2.19. The molecule has 1 fully saturated rings. The summed E-state index contributed by atoms with van der Waals surface area (Å²) in [4.78, 5) is 12.4. The average molecular weight is 392 g/mol. The van der Waals surface area contributed by atoms with Gasteiger partial charge in [-0.2, -0.15) is 4.31 Å². The fraction of sp³-hybridized carbons (Fsp3) is 0.474. The molecule has 2 unspecified atom stereocenters. The molecule has 0 spiro atoms. The maximum absolute atomic E-state index is 13.0. The number of hydrogen-bond donors (Lipinski definition) is 0. The lowest BCUT2D eigenvalue weighted by atomic mass is 9.94. The monoisotopic (exact) mass is 392 g/mol. The Kier molecular flexibility index (Phi) is 5.67. The van der Waals surface area contributed by atoms with Crippen LogP contribution in [0.15, 0.2) is 39.8 Å². The largest absolute Gasteiger partial charge is 0.455 e. The van der Waals surface area contributed by atoms with Crippen LogP contribution in [0.1, 0.15) is 42.1 Å². The molecule has 3 rings (SSSR count). The zero-order valence-corrected chi connectivity index (χ0v) is 16.5. The van der Waals surface area contributed by atoms with Crippen LogP contribution in [0.25, 0.3) is 0 Å². The summed E-state index contributed by atoms with van der Waals surface area (Å²) in [5, 5.41) is 3.76. The van der Waals surface area contributed by atoms with Crippen LogP contribution in [0.5, 0.6) is 0 Å². The van der Waals surface area contributed by atoms with Crippen molar-refractivity contribution in [1.29, 1.82) is 0 Å². The Balaban J connectivity index is 1.75. The molecule has 8 heteroatoms. The number of carbonyl (C=O) groups is 1. The number of nitrogens with zero attached hydrogens (tertiary/aromatic N) is 2. The minimum atomic E-state index is -3.65. The molecule has 2 heterocycles. The summed E-state index contributed by atoms with van der Waals surface area (Å²) in [6.07, 6.45) is 1.01. The van der Waals surface area contributed by atoms with Crippen LogP contribution in [0.3, 0.4) is 0 Å². The molecule has 1 saturated heterocycles. The van der Waals surface area contributed by atoms with Crippen LogP contribution in [0, 0.1) is 18.8 Å². The van der Waals surface area contributed by atoms with E-state index in [4.69, 9.17) is 9.26 Å². The van der Waals surface area contributed by atoms with Crippen molar-refractivity contribution in [3.63, 3.8) is 0 Å². The van der Waals surface area contributed by atoms with E-state index >= 15 is 0 Å². The predicted molar refractivity (Wildman–Crippen MR) is 98.5 cm³/mol. The van der Waals surface area contributed by atoms with Crippen LogP contribution in [0.4, 0.5) is 0 Å². The molecule has 1 aromatic carbocycles. The van der Waals surface area contributed by atoms with Gasteiger partial charge in [0.25, 0.3) is 0 Å². The van der Waals surface area contributed by atoms with Crippen molar-refractivity contribution >= 4 is 16.0 Å². The second kappa shape index (κ2) is 7.82. The van der Waals surface area contributed by atoms with E-state index in [1.54, 1.807) is 19.1 Å². The van der Waals surface area contributed by atoms with Gasteiger partial charge in [-0.25, -0.2) is 13.2 Å². The molecule has 146 valence electrons. The maximum atomic E-state index is 13.0. The Morgan fingerprint density at radius 2 is 1.96 bits per heavy atom. The van der Waals surface area contributed by atoms with Gasteiger partial charge in [-0.05, 0) is 43.4 Å². The third-order valence-electron chi connectivity index (χ3n) is 4.57. The first-order valence-electron chi connectivity index (χ1n) is 8.95. The van der Waals surface area contributed by atoms with Crippen molar-refractivity contribution in [2.75, 3.05) is 13.1 Å². The number of aromatic nitrogens is 1. The summed E-state index contributed by atoms with van der Waals surface area (Å²) in [5.74, 6) is 0.636. The Morgan fingerprint density at radius 3 is 2.59 bits per heavy atom. The molecule has 0 saturated carbocycles. The van der Waals surface area contributed by atoms with E-state index in [1.165, 1.54) is 22.5 Å². The zero-order chi connectivity index (χ0) is 19.6. The molecule has 0 aliphatic carbocycles. The molecule has 1 aromatic heterocycles. The number of hydrogen-bond acceptors (Lipinski definition) is 6. The minimum absolute atomic E-state index is 0.0334. The topological polar surface area (TPSA) is 89.7 Å². The maximum Gasteiger partial charge on any atom is 0.338 e. The first-order valence-corrected chi connectivity index (χ1v) is 10.4. The van der Waals surface area contributed by atoms with Crippen LogP contribution in [0.2, 0.25) is 0 Å². The minimum Gasteiger partial charge on any atom is -0.455 e. The molecule has 0 amide bonds. The molecule has 27 heavy (non-hydrogen) atoms. The number of piperidine rings is 1. The van der Waals surface area contributed by atoms with E-state index in [0.29, 0.717) is 36.4 Å². The number of sulfonamides is 1. The van der Waals surface area contributed by atoms with Gasteiger partial charge < -0.3 is 9.26 Å². The molecule has 1 aliphatic rings. The number of rotatable bonds is 5. The quantitative estimate of drug-likeness (QED) is 0.727. The number of aryl methyl sites for hydroxylation is 1. The molecule has 2 aromatic rings. The van der Waals surface area contributed by atoms with Gasteiger partial charge in [0.15, 0.2) is 0 Å². The zero-order valence-electron chi connectivity index (χ0n) is 15.7. The average Bonchev–Trinajstić information content (AvgIpc) is 3.04. The molecule has 0 N–H and O–H groups in total. The van der Waals surface area contributed by atoms with E-state index in [1.807, 2.05) is 0 Å². The number of benzene rings is 1. The highest BCUT2D eigenvalue weighted by Crippen LogP contribution is 2.27. The van der Waals surface area contributed by atoms with Gasteiger partial charge in [0.1, 0.15) is 18.1 Å². The Morgan fingerprint density at radius 1 is 1.26 bits per heavy atom. The highest BCUT2D eigenvalue weighted by molar-refractivity contribution is 7.89. The van der Waals surface area contributed by atoms with Crippen molar-refractivity contribution < 1.29 is 22.5 Å². The highest BCUT2D eigenvalue weighted by Gasteiger charge is 2.32. The van der Waals surface area contributed by atoms with Gasteiger partial charge in [-0.15, -0.1) is 0 Å². The smallest absolute Gasteiger partial charge is 0.338 e. The lowest BCUT2D eigenvalue weighted by Crippen LogP contribution is -2.42. The molecular weight excluding hydrogens is 368 g/mol. The fourth-order valence-electron chi connectivity index (χ4n) is 3.44. The SMILES string of the molecule is Cc1cc(COC(=O)c2cccc(S(=O)(=O)N3CC(C)CC(C)C3)c2)no1. The van der Waals surface area contributed by atoms with Crippen molar-refractivity contribution in [2.24, 2.45) is 11.8 Å². The van der Waals surface area contributed by atoms with E-state index in [0.717, 1.165) is 6.42 Å². The van der Waals surface area contributed by atoms with Crippen LogP contribution in [-0.4, -0.2) is 36.9 Å². The van der Waals surface area contributed by atoms with Crippen molar-refractivity contribution in [1.82, 2.24) is 9.46 Å². The molecule has 0 bridgehead atoms. The van der Waals surface area contributed by atoms with E-state index in [9.17, 15) is 13.2 Å². The lowest BCUT2D eigenvalue weighted by Gasteiger charge is -2.34. The molecule has 7 nitrogen and oxygen atoms in total. The molecule has 0 radical (unpaired) electrons. The van der Waals surface area contributed by atoms with E-state index in [-0.39, 0.29) is 17.1 Å². The van der Waals surface area contributed by atoms with Crippen molar-refractivity contribution in [2.45, 2.75) is 38.7 Å². The van der Waals surface area contributed by atoms with Gasteiger partial charge in [-0.3, -0.25) is 0 Å². The van der Waals surface area contributed by atoms with Crippen LogP contribution in [-0.2, 0) is 21.4 Å². The molecular formula is C19H24N2O5S. The van der Waals surface area contributed by atoms with Crippen molar-refractivity contribution in [3.05, 3.63) is 47.3 Å². The summed E-state index contributed by atoms with van der Waals surface area (Å²) < 4.78 is 37.6. The Bertz CT molecular complexity index is 912. The predicted octanol–water partition coefficient (Wildman–Crippen LogP) is 3.01. The first kappa shape index (κ1) is 19.6. The summed E-state index contributed by atoms with van der Waals surface area (Å²) in [6, 6.07) is 7.65. The molecule has 2 atom stereocenters. The van der Waals surface area contributed by atoms with Gasteiger partial charge in [0, 0.05) is 19.2 Å². The number of ether oxygens (including phenoxy) is 1. The first-order chi connectivity index (χ1) is 12.8. The molecule has 1 aliphatic heterocycles. The third-order valence-corrected chi connectivity index (χ3v) is 6.40. The van der Waals surface area contributed by atoms with Crippen LogP contribution >= 0.6 is 0 Å². The van der Waals surface area contributed by atoms with Gasteiger partial charge in [0.2, 0.25) is 10.0 Å².